The average Bonchev–Trinajstić information content (AvgIpc) is 3.39. The largest absolute Gasteiger partial charge is 0.497 e. The molecule has 0 aliphatic heterocycles. The van der Waals surface area contributed by atoms with E-state index in [1.54, 1.807) is 17.9 Å². The summed E-state index contributed by atoms with van der Waals surface area (Å²) >= 11 is 6.99. The van der Waals surface area contributed by atoms with Crippen LogP contribution in [-0.2, 0) is 11.3 Å². The molecule has 4 aromatic rings. The van der Waals surface area contributed by atoms with E-state index in [1.807, 2.05) is 54.6 Å². The molecule has 0 saturated carbocycles. The zero-order chi connectivity index (χ0) is 20.2. The van der Waals surface area contributed by atoms with Gasteiger partial charge in [-0.2, -0.15) is 5.10 Å². The van der Waals surface area contributed by atoms with Crippen molar-refractivity contribution in [3.63, 3.8) is 0 Å². The number of carbonyl (C=O) groups excluding carboxylic acids is 1. The van der Waals surface area contributed by atoms with Crippen LogP contribution in [0.25, 0.3) is 16.9 Å². The number of carbonyl (C=O) groups is 1. The van der Waals surface area contributed by atoms with Crippen LogP contribution in [0.5, 0.6) is 5.75 Å². The lowest BCUT2D eigenvalue weighted by molar-refractivity contribution is 0.0460. The number of methoxy groups -OCH3 is 1. The van der Waals surface area contributed by atoms with Gasteiger partial charge in [-0.15, -0.1) is 5.10 Å². The van der Waals surface area contributed by atoms with Crippen molar-refractivity contribution >= 4 is 29.1 Å². The highest BCUT2D eigenvalue weighted by Gasteiger charge is 2.19. The molecule has 0 amide bonds. The minimum Gasteiger partial charge on any atom is -0.497 e. The molecular formula is C20H15ClN4O3S. The molecule has 0 bridgehead atoms. The number of ether oxygens (including phenoxy) is 2. The second-order valence-corrected chi connectivity index (χ2v) is 7.32. The van der Waals surface area contributed by atoms with Gasteiger partial charge in [0.15, 0.2) is 5.69 Å². The lowest BCUT2D eigenvalue weighted by atomic mass is 10.1. The molecule has 2 aromatic carbocycles. The Bertz CT molecular complexity index is 1130. The molecule has 0 aliphatic carbocycles. The first kappa shape index (κ1) is 19.1. The number of rotatable bonds is 6. The van der Waals surface area contributed by atoms with Gasteiger partial charge in [-0.25, -0.2) is 9.48 Å². The molecule has 0 fully saturated rings. The van der Waals surface area contributed by atoms with Crippen LogP contribution in [0, 0.1) is 0 Å². The Kier molecular flexibility index (Phi) is 5.55. The van der Waals surface area contributed by atoms with Gasteiger partial charge >= 0.3 is 5.97 Å². The first-order chi connectivity index (χ1) is 14.2. The SMILES string of the molecule is COc1ccc(-c2cc(C(=O)OCc3nnsc3Cl)nn2-c2ccccc2)cc1. The van der Waals surface area contributed by atoms with Crippen molar-refractivity contribution in [2.75, 3.05) is 7.11 Å². The van der Waals surface area contributed by atoms with E-state index < -0.39 is 5.97 Å². The third kappa shape index (κ3) is 4.13. The number of hydrogen-bond donors (Lipinski definition) is 0. The first-order valence-corrected chi connectivity index (χ1v) is 9.74. The minimum absolute atomic E-state index is 0.0652. The van der Waals surface area contributed by atoms with Gasteiger partial charge in [0.25, 0.3) is 0 Å². The van der Waals surface area contributed by atoms with E-state index in [4.69, 9.17) is 21.1 Å². The molecular weight excluding hydrogens is 412 g/mol. The van der Waals surface area contributed by atoms with Crippen molar-refractivity contribution < 1.29 is 14.3 Å². The smallest absolute Gasteiger partial charge is 0.359 e. The monoisotopic (exact) mass is 426 g/mol. The third-order valence-corrected chi connectivity index (χ3v) is 5.14. The maximum atomic E-state index is 12.6. The van der Waals surface area contributed by atoms with Crippen molar-refractivity contribution in [1.82, 2.24) is 19.4 Å². The molecule has 0 radical (unpaired) electrons. The van der Waals surface area contributed by atoms with E-state index in [-0.39, 0.29) is 12.3 Å². The fourth-order valence-corrected chi connectivity index (χ4v) is 3.31. The molecule has 146 valence electrons. The molecule has 0 aliphatic rings. The van der Waals surface area contributed by atoms with Crippen molar-refractivity contribution in [3.05, 3.63) is 76.4 Å². The molecule has 9 heteroatoms. The molecule has 29 heavy (non-hydrogen) atoms. The van der Waals surface area contributed by atoms with Gasteiger partial charge in [0, 0.05) is 17.1 Å². The molecule has 0 unspecified atom stereocenters. The molecule has 2 heterocycles. The number of aromatic nitrogens is 4. The van der Waals surface area contributed by atoms with Crippen LogP contribution in [-0.4, -0.2) is 32.4 Å². The van der Waals surface area contributed by atoms with Crippen LogP contribution in [0.3, 0.4) is 0 Å². The van der Waals surface area contributed by atoms with E-state index in [0.29, 0.717) is 10.0 Å². The summed E-state index contributed by atoms with van der Waals surface area (Å²) in [6, 6.07) is 18.8. The Morgan fingerprint density at radius 2 is 1.90 bits per heavy atom. The van der Waals surface area contributed by atoms with Crippen LogP contribution < -0.4 is 4.74 Å². The standard InChI is InChI=1S/C20H15ClN4O3S/c1-27-15-9-7-13(8-10-15)18-11-16(23-25(18)14-5-3-2-4-6-14)20(26)28-12-17-19(21)29-24-22-17/h2-11H,12H2,1H3. The lowest BCUT2D eigenvalue weighted by Crippen LogP contribution is -2.07. The Labute approximate surface area is 175 Å². The summed E-state index contributed by atoms with van der Waals surface area (Å²) in [5.41, 5.74) is 3.05. The Morgan fingerprint density at radius 3 is 2.55 bits per heavy atom. The molecule has 4 rings (SSSR count). The highest BCUT2D eigenvalue weighted by Crippen LogP contribution is 2.26. The predicted octanol–water partition coefficient (Wildman–Crippen LogP) is 4.41. The van der Waals surface area contributed by atoms with E-state index in [1.165, 1.54) is 0 Å². The van der Waals surface area contributed by atoms with Gasteiger partial charge in [-0.3, -0.25) is 0 Å². The highest BCUT2D eigenvalue weighted by molar-refractivity contribution is 7.10. The van der Waals surface area contributed by atoms with Gasteiger partial charge < -0.3 is 9.47 Å². The summed E-state index contributed by atoms with van der Waals surface area (Å²) in [6.45, 7) is -0.0652. The second kappa shape index (κ2) is 8.42. The molecule has 0 N–H and O–H groups in total. The van der Waals surface area contributed by atoms with Crippen LogP contribution in [0.15, 0.2) is 60.7 Å². The topological polar surface area (TPSA) is 79.1 Å². The second-order valence-electron chi connectivity index (χ2n) is 5.96. The Hall–Kier alpha value is -3.23. The van der Waals surface area contributed by atoms with Crippen molar-refractivity contribution in [3.8, 4) is 22.7 Å². The van der Waals surface area contributed by atoms with Crippen LogP contribution in [0.4, 0.5) is 0 Å². The molecule has 0 spiro atoms. The van der Waals surface area contributed by atoms with Crippen molar-refractivity contribution in [2.24, 2.45) is 0 Å². The molecule has 2 aromatic heterocycles. The average molecular weight is 427 g/mol. The summed E-state index contributed by atoms with van der Waals surface area (Å²) in [7, 11) is 1.61. The Morgan fingerprint density at radius 1 is 1.14 bits per heavy atom. The molecule has 0 saturated heterocycles. The van der Waals surface area contributed by atoms with E-state index in [9.17, 15) is 4.79 Å². The number of para-hydroxylation sites is 1. The maximum absolute atomic E-state index is 12.6. The van der Waals surface area contributed by atoms with Crippen LogP contribution in [0.2, 0.25) is 4.34 Å². The summed E-state index contributed by atoms with van der Waals surface area (Å²) in [5, 5.41) is 8.30. The highest BCUT2D eigenvalue weighted by atomic mass is 35.5. The number of halogens is 1. The van der Waals surface area contributed by atoms with Gasteiger partial charge in [0.2, 0.25) is 0 Å². The Balaban J connectivity index is 1.67. The van der Waals surface area contributed by atoms with E-state index >= 15 is 0 Å². The number of esters is 1. The zero-order valence-electron chi connectivity index (χ0n) is 15.3. The van der Waals surface area contributed by atoms with Crippen molar-refractivity contribution in [1.29, 1.82) is 0 Å². The quantitative estimate of drug-likeness (QED) is 0.425. The zero-order valence-corrected chi connectivity index (χ0v) is 16.9. The minimum atomic E-state index is -0.571. The maximum Gasteiger partial charge on any atom is 0.359 e. The molecule has 0 atom stereocenters. The normalized spacial score (nSPS) is 10.7. The van der Waals surface area contributed by atoms with Gasteiger partial charge in [-0.05, 0) is 42.5 Å². The van der Waals surface area contributed by atoms with Crippen LogP contribution >= 0.6 is 23.1 Å². The summed E-state index contributed by atoms with van der Waals surface area (Å²) in [5.74, 6) is 0.173. The van der Waals surface area contributed by atoms with Gasteiger partial charge in [0.05, 0.1) is 18.5 Å². The fraction of sp³-hybridized carbons (Fsp3) is 0.100. The fourth-order valence-electron chi connectivity index (χ4n) is 2.71. The molecule has 7 nitrogen and oxygen atoms in total. The number of hydrogen-bond acceptors (Lipinski definition) is 7. The summed E-state index contributed by atoms with van der Waals surface area (Å²) in [6.07, 6.45) is 0. The first-order valence-electron chi connectivity index (χ1n) is 8.59. The summed E-state index contributed by atoms with van der Waals surface area (Å²) in [4.78, 5) is 12.6. The van der Waals surface area contributed by atoms with Crippen molar-refractivity contribution in [2.45, 2.75) is 6.61 Å². The van der Waals surface area contributed by atoms with E-state index in [2.05, 4.69) is 14.7 Å². The third-order valence-electron chi connectivity index (χ3n) is 4.15. The summed E-state index contributed by atoms with van der Waals surface area (Å²) < 4.78 is 16.4. The lowest BCUT2D eigenvalue weighted by Gasteiger charge is -2.08. The number of benzene rings is 2. The van der Waals surface area contributed by atoms with Gasteiger partial charge in [0.1, 0.15) is 22.4 Å². The predicted molar refractivity (Wildman–Crippen MR) is 110 cm³/mol. The van der Waals surface area contributed by atoms with Crippen LogP contribution in [0.1, 0.15) is 16.2 Å². The van der Waals surface area contributed by atoms with E-state index in [0.717, 1.165) is 34.2 Å². The van der Waals surface area contributed by atoms with Gasteiger partial charge in [-0.1, -0.05) is 34.3 Å². The number of nitrogens with zero attached hydrogens (tertiary/aromatic N) is 4.